The smallest absolute Gasteiger partial charge is 0.223 e. The minimum absolute atomic E-state index is 0.639. The van der Waals surface area contributed by atoms with E-state index in [1.54, 1.807) is 13.3 Å². The first-order chi connectivity index (χ1) is 9.17. The first-order valence-electron chi connectivity index (χ1n) is 6.38. The van der Waals surface area contributed by atoms with Crippen molar-refractivity contribution in [3.05, 3.63) is 35.5 Å². The van der Waals surface area contributed by atoms with Gasteiger partial charge in [0.1, 0.15) is 5.75 Å². The second-order valence-corrected chi connectivity index (χ2v) is 4.38. The number of hydrogen-bond donors (Lipinski definition) is 1. The number of rotatable bonds is 4. The van der Waals surface area contributed by atoms with Crippen molar-refractivity contribution < 1.29 is 4.74 Å². The lowest BCUT2D eigenvalue weighted by molar-refractivity contribution is 0.413. The summed E-state index contributed by atoms with van der Waals surface area (Å²) in [5.74, 6) is 1.52. The molecule has 0 aliphatic heterocycles. The van der Waals surface area contributed by atoms with Gasteiger partial charge >= 0.3 is 0 Å². The molecule has 0 amide bonds. The van der Waals surface area contributed by atoms with E-state index >= 15 is 0 Å². The molecule has 0 fully saturated rings. The highest BCUT2D eigenvalue weighted by molar-refractivity contribution is 5.70. The maximum atomic E-state index is 5.53. The summed E-state index contributed by atoms with van der Waals surface area (Å²) in [5, 5.41) is 3.12. The molecule has 0 radical (unpaired) electrons. The number of nitrogens with one attached hydrogen (secondary N) is 1. The average Bonchev–Trinajstić information content (AvgIpc) is 2.42. The lowest BCUT2D eigenvalue weighted by Gasteiger charge is -2.13. The van der Waals surface area contributed by atoms with Gasteiger partial charge in [0.2, 0.25) is 5.95 Å². The summed E-state index contributed by atoms with van der Waals surface area (Å²) in [6.45, 7) is 6.95. The Labute approximate surface area is 113 Å². The maximum absolute atomic E-state index is 5.53. The molecule has 0 spiro atoms. The summed E-state index contributed by atoms with van der Waals surface area (Å²) >= 11 is 0. The van der Waals surface area contributed by atoms with E-state index in [9.17, 15) is 0 Å². The Bertz CT molecular complexity index is 582. The number of methoxy groups -OCH3 is 1. The van der Waals surface area contributed by atoms with Crippen LogP contribution in [0.1, 0.15) is 18.1 Å². The van der Waals surface area contributed by atoms with Crippen molar-refractivity contribution in [3.8, 4) is 17.0 Å². The summed E-state index contributed by atoms with van der Waals surface area (Å²) in [5.41, 5.74) is 4.21. The van der Waals surface area contributed by atoms with Crippen molar-refractivity contribution in [1.82, 2.24) is 9.97 Å². The Kier molecular flexibility index (Phi) is 4.00. The van der Waals surface area contributed by atoms with E-state index in [0.29, 0.717) is 5.95 Å². The molecule has 1 aromatic heterocycles. The van der Waals surface area contributed by atoms with Crippen LogP contribution in [-0.2, 0) is 0 Å². The van der Waals surface area contributed by atoms with E-state index in [0.717, 1.165) is 29.1 Å². The van der Waals surface area contributed by atoms with E-state index < -0.39 is 0 Å². The lowest BCUT2D eigenvalue weighted by atomic mass is 10.0. The molecule has 4 nitrogen and oxygen atoms in total. The summed E-state index contributed by atoms with van der Waals surface area (Å²) in [6, 6.07) is 6.02. The van der Waals surface area contributed by atoms with Crippen LogP contribution in [0.4, 0.5) is 5.95 Å². The fourth-order valence-electron chi connectivity index (χ4n) is 2.01. The molecular formula is C15H19N3O. The van der Waals surface area contributed by atoms with Crippen LogP contribution in [-0.4, -0.2) is 23.6 Å². The van der Waals surface area contributed by atoms with E-state index in [2.05, 4.69) is 35.2 Å². The molecule has 4 heteroatoms. The molecule has 19 heavy (non-hydrogen) atoms. The normalized spacial score (nSPS) is 10.3. The molecule has 0 aliphatic rings. The Morgan fingerprint density at radius 2 is 2.00 bits per heavy atom. The van der Waals surface area contributed by atoms with Crippen LogP contribution in [0.3, 0.4) is 0 Å². The van der Waals surface area contributed by atoms with Gasteiger partial charge in [-0.15, -0.1) is 0 Å². The molecule has 2 rings (SSSR count). The third-order valence-corrected chi connectivity index (χ3v) is 3.15. The molecule has 100 valence electrons. The SMILES string of the molecule is CCNc1nccc(-c2ccc(C)c(C)c2OC)n1. The molecule has 0 saturated heterocycles. The zero-order valence-corrected chi connectivity index (χ0v) is 11.8. The molecule has 1 N–H and O–H groups in total. The minimum atomic E-state index is 0.639. The van der Waals surface area contributed by atoms with Crippen LogP contribution in [0.5, 0.6) is 5.75 Å². The highest BCUT2D eigenvalue weighted by atomic mass is 16.5. The predicted molar refractivity (Wildman–Crippen MR) is 77.7 cm³/mol. The second kappa shape index (κ2) is 5.69. The Morgan fingerprint density at radius 3 is 2.68 bits per heavy atom. The number of ether oxygens (including phenoxy) is 1. The third-order valence-electron chi connectivity index (χ3n) is 3.15. The van der Waals surface area contributed by atoms with Gasteiger partial charge in [-0.3, -0.25) is 0 Å². The van der Waals surface area contributed by atoms with Crippen molar-refractivity contribution >= 4 is 5.95 Å². The number of aryl methyl sites for hydroxylation is 1. The second-order valence-electron chi connectivity index (χ2n) is 4.38. The molecular weight excluding hydrogens is 238 g/mol. The van der Waals surface area contributed by atoms with E-state index in [-0.39, 0.29) is 0 Å². The van der Waals surface area contributed by atoms with Crippen molar-refractivity contribution in [2.24, 2.45) is 0 Å². The van der Waals surface area contributed by atoms with Gasteiger partial charge in [-0.2, -0.15) is 0 Å². The van der Waals surface area contributed by atoms with Crippen LogP contribution in [0, 0.1) is 13.8 Å². The molecule has 0 atom stereocenters. The maximum Gasteiger partial charge on any atom is 0.223 e. The first kappa shape index (κ1) is 13.3. The van der Waals surface area contributed by atoms with Gasteiger partial charge in [0.05, 0.1) is 12.8 Å². The molecule has 0 unspecified atom stereocenters. The van der Waals surface area contributed by atoms with Crippen LogP contribution < -0.4 is 10.1 Å². The van der Waals surface area contributed by atoms with Gasteiger partial charge < -0.3 is 10.1 Å². The van der Waals surface area contributed by atoms with Crippen molar-refractivity contribution in [1.29, 1.82) is 0 Å². The molecule has 0 bridgehead atoms. The highest BCUT2D eigenvalue weighted by Gasteiger charge is 2.12. The quantitative estimate of drug-likeness (QED) is 0.913. The fraction of sp³-hybridized carbons (Fsp3) is 0.333. The fourth-order valence-corrected chi connectivity index (χ4v) is 2.01. The zero-order chi connectivity index (χ0) is 13.8. The number of nitrogens with zero attached hydrogens (tertiary/aromatic N) is 2. The topological polar surface area (TPSA) is 47.0 Å². The van der Waals surface area contributed by atoms with Gasteiger partial charge in [-0.1, -0.05) is 6.07 Å². The van der Waals surface area contributed by atoms with Crippen molar-refractivity contribution in [3.63, 3.8) is 0 Å². The average molecular weight is 257 g/mol. The summed E-state index contributed by atoms with van der Waals surface area (Å²) in [7, 11) is 1.69. The lowest BCUT2D eigenvalue weighted by Crippen LogP contribution is -2.03. The standard InChI is InChI=1S/C15H19N3O/c1-5-16-15-17-9-8-13(18-15)12-7-6-10(2)11(3)14(12)19-4/h6-9H,5H2,1-4H3,(H,16,17,18). The van der Waals surface area contributed by atoms with E-state index in [1.807, 2.05) is 19.1 Å². The van der Waals surface area contributed by atoms with Crippen LogP contribution in [0.15, 0.2) is 24.4 Å². The van der Waals surface area contributed by atoms with Crippen LogP contribution >= 0.6 is 0 Å². The Morgan fingerprint density at radius 1 is 1.21 bits per heavy atom. The largest absolute Gasteiger partial charge is 0.496 e. The molecule has 1 heterocycles. The first-order valence-corrected chi connectivity index (χ1v) is 6.38. The van der Waals surface area contributed by atoms with Crippen LogP contribution in [0.25, 0.3) is 11.3 Å². The van der Waals surface area contributed by atoms with Gasteiger partial charge in [0.25, 0.3) is 0 Å². The summed E-state index contributed by atoms with van der Waals surface area (Å²) in [6.07, 6.45) is 1.76. The van der Waals surface area contributed by atoms with Crippen molar-refractivity contribution in [2.75, 3.05) is 19.0 Å². The van der Waals surface area contributed by atoms with E-state index in [4.69, 9.17) is 4.74 Å². The Hall–Kier alpha value is -2.10. The summed E-state index contributed by atoms with van der Waals surface area (Å²) < 4.78 is 5.53. The van der Waals surface area contributed by atoms with Gasteiger partial charge in [0, 0.05) is 18.3 Å². The number of anilines is 1. The molecule has 2 aromatic rings. The van der Waals surface area contributed by atoms with E-state index in [1.165, 1.54) is 5.56 Å². The van der Waals surface area contributed by atoms with Crippen LogP contribution in [0.2, 0.25) is 0 Å². The van der Waals surface area contributed by atoms with Gasteiger partial charge in [-0.25, -0.2) is 9.97 Å². The van der Waals surface area contributed by atoms with Crippen molar-refractivity contribution in [2.45, 2.75) is 20.8 Å². The number of benzene rings is 1. The minimum Gasteiger partial charge on any atom is -0.496 e. The molecule has 0 aliphatic carbocycles. The van der Waals surface area contributed by atoms with Gasteiger partial charge in [-0.05, 0) is 44.0 Å². The molecule has 1 aromatic carbocycles. The predicted octanol–water partition coefficient (Wildman–Crippen LogP) is 3.20. The number of aromatic nitrogens is 2. The third kappa shape index (κ3) is 2.67. The zero-order valence-electron chi connectivity index (χ0n) is 11.8. The summed E-state index contributed by atoms with van der Waals surface area (Å²) in [4.78, 5) is 8.70. The monoisotopic (exact) mass is 257 g/mol. The Balaban J connectivity index is 2.52. The number of hydrogen-bond acceptors (Lipinski definition) is 4. The van der Waals surface area contributed by atoms with Gasteiger partial charge in [0.15, 0.2) is 0 Å². The molecule has 0 saturated carbocycles. The highest BCUT2D eigenvalue weighted by Crippen LogP contribution is 2.33.